The number of rotatable bonds is 6. The van der Waals surface area contributed by atoms with E-state index in [0.29, 0.717) is 12.8 Å². The van der Waals surface area contributed by atoms with Crippen molar-refractivity contribution in [2.24, 2.45) is 0 Å². The van der Waals surface area contributed by atoms with E-state index in [0.717, 1.165) is 10.7 Å². The van der Waals surface area contributed by atoms with Crippen LogP contribution >= 0.6 is 0 Å². The van der Waals surface area contributed by atoms with E-state index in [1.807, 2.05) is 6.92 Å². The highest BCUT2D eigenvalue weighted by atomic mass is 16.4. The molecule has 23 heavy (non-hydrogen) atoms. The Balaban J connectivity index is 2.68. The molecular formula is C14H13N3O6. The van der Waals surface area contributed by atoms with Gasteiger partial charge in [-0.3, -0.25) is 0 Å². The molecule has 9 heteroatoms. The van der Waals surface area contributed by atoms with Gasteiger partial charge in [0.1, 0.15) is 0 Å². The molecular weight excluding hydrogens is 306 g/mol. The van der Waals surface area contributed by atoms with E-state index in [1.165, 1.54) is 12.1 Å². The van der Waals surface area contributed by atoms with E-state index < -0.39 is 17.9 Å². The van der Waals surface area contributed by atoms with Gasteiger partial charge in [0, 0.05) is 0 Å². The highest BCUT2D eigenvalue weighted by molar-refractivity contribution is 5.95. The van der Waals surface area contributed by atoms with Crippen LogP contribution in [0.15, 0.2) is 18.2 Å². The SMILES string of the molecule is CCCc1c(C(=O)O)nnn1-c1cc(C(=O)O)cc(C(=O)O)c1. The molecule has 9 nitrogen and oxygen atoms in total. The van der Waals surface area contributed by atoms with Crippen LogP contribution in [0.4, 0.5) is 0 Å². The van der Waals surface area contributed by atoms with E-state index >= 15 is 0 Å². The van der Waals surface area contributed by atoms with Gasteiger partial charge >= 0.3 is 17.9 Å². The van der Waals surface area contributed by atoms with Crippen molar-refractivity contribution in [3.05, 3.63) is 40.7 Å². The molecule has 0 amide bonds. The summed E-state index contributed by atoms with van der Waals surface area (Å²) in [6.45, 7) is 1.83. The number of carboxylic acid groups (broad SMARTS) is 3. The predicted octanol–water partition coefficient (Wildman–Crippen LogP) is 1.31. The molecule has 2 rings (SSSR count). The van der Waals surface area contributed by atoms with Crippen LogP contribution in [0.2, 0.25) is 0 Å². The molecule has 0 unspecified atom stereocenters. The van der Waals surface area contributed by atoms with Crippen molar-refractivity contribution in [2.45, 2.75) is 19.8 Å². The van der Waals surface area contributed by atoms with Crippen LogP contribution < -0.4 is 0 Å². The molecule has 0 bridgehead atoms. The van der Waals surface area contributed by atoms with Crippen LogP contribution in [0.25, 0.3) is 5.69 Å². The van der Waals surface area contributed by atoms with E-state index in [9.17, 15) is 14.4 Å². The molecule has 1 heterocycles. The lowest BCUT2D eigenvalue weighted by Gasteiger charge is -2.08. The molecule has 0 aliphatic rings. The summed E-state index contributed by atoms with van der Waals surface area (Å²) in [4.78, 5) is 33.5. The van der Waals surface area contributed by atoms with E-state index in [1.54, 1.807) is 0 Å². The van der Waals surface area contributed by atoms with Gasteiger partial charge < -0.3 is 15.3 Å². The van der Waals surface area contributed by atoms with Crippen LogP contribution in [0.5, 0.6) is 0 Å². The zero-order valence-electron chi connectivity index (χ0n) is 12.1. The van der Waals surface area contributed by atoms with Gasteiger partial charge in [0.25, 0.3) is 0 Å². The fourth-order valence-electron chi connectivity index (χ4n) is 2.12. The quantitative estimate of drug-likeness (QED) is 0.723. The van der Waals surface area contributed by atoms with Gasteiger partial charge in [-0.1, -0.05) is 18.6 Å². The van der Waals surface area contributed by atoms with Crippen molar-refractivity contribution in [3.8, 4) is 5.69 Å². The first-order valence-corrected chi connectivity index (χ1v) is 6.65. The van der Waals surface area contributed by atoms with Crippen LogP contribution in [-0.4, -0.2) is 48.2 Å². The van der Waals surface area contributed by atoms with E-state index in [-0.39, 0.29) is 28.2 Å². The number of aromatic carboxylic acids is 3. The Hall–Kier alpha value is -3.23. The maximum Gasteiger partial charge on any atom is 0.358 e. The molecule has 0 radical (unpaired) electrons. The molecule has 0 saturated heterocycles. The lowest BCUT2D eigenvalue weighted by atomic mass is 10.1. The molecule has 0 aliphatic heterocycles. The zero-order valence-corrected chi connectivity index (χ0v) is 12.1. The Kier molecular flexibility index (Phi) is 4.39. The molecule has 2 aromatic rings. The Labute approximate surface area is 129 Å². The van der Waals surface area contributed by atoms with Crippen molar-refractivity contribution in [3.63, 3.8) is 0 Å². The third-order valence-electron chi connectivity index (χ3n) is 3.11. The first kappa shape index (κ1) is 16.1. The van der Waals surface area contributed by atoms with Crippen LogP contribution in [0.1, 0.15) is 50.2 Å². The lowest BCUT2D eigenvalue weighted by molar-refractivity contribution is 0.0677. The van der Waals surface area contributed by atoms with Crippen molar-refractivity contribution in [2.75, 3.05) is 0 Å². The molecule has 120 valence electrons. The first-order valence-electron chi connectivity index (χ1n) is 6.65. The van der Waals surface area contributed by atoms with Gasteiger partial charge in [0.05, 0.1) is 22.5 Å². The average molecular weight is 319 g/mol. The van der Waals surface area contributed by atoms with Crippen LogP contribution in [0, 0.1) is 0 Å². The van der Waals surface area contributed by atoms with Crippen molar-refractivity contribution in [1.29, 1.82) is 0 Å². The summed E-state index contributed by atoms with van der Waals surface area (Å²) in [6.07, 6.45) is 0.951. The molecule has 3 N–H and O–H groups in total. The second kappa shape index (κ2) is 6.26. The third-order valence-corrected chi connectivity index (χ3v) is 3.11. The predicted molar refractivity (Wildman–Crippen MR) is 76.2 cm³/mol. The Morgan fingerprint density at radius 3 is 2.00 bits per heavy atom. The number of nitrogens with zero attached hydrogens (tertiary/aromatic N) is 3. The molecule has 0 atom stereocenters. The molecule has 0 spiro atoms. The first-order chi connectivity index (χ1) is 10.8. The highest BCUT2D eigenvalue weighted by Gasteiger charge is 2.21. The molecule has 1 aromatic heterocycles. The third kappa shape index (κ3) is 3.18. The minimum Gasteiger partial charge on any atom is -0.478 e. The van der Waals surface area contributed by atoms with Crippen LogP contribution in [-0.2, 0) is 6.42 Å². The fraction of sp³-hybridized carbons (Fsp3) is 0.214. The fourth-order valence-corrected chi connectivity index (χ4v) is 2.12. The second-order valence-corrected chi connectivity index (χ2v) is 4.73. The number of hydrogen-bond acceptors (Lipinski definition) is 5. The number of aromatic nitrogens is 3. The largest absolute Gasteiger partial charge is 0.478 e. The minimum atomic E-state index is -1.30. The Morgan fingerprint density at radius 2 is 1.57 bits per heavy atom. The second-order valence-electron chi connectivity index (χ2n) is 4.73. The maximum absolute atomic E-state index is 11.2. The number of hydrogen-bond donors (Lipinski definition) is 3. The van der Waals surface area contributed by atoms with Crippen LogP contribution in [0.3, 0.4) is 0 Å². The summed E-state index contributed by atoms with van der Waals surface area (Å²) in [6, 6.07) is 3.45. The van der Waals surface area contributed by atoms with E-state index in [2.05, 4.69) is 10.3 Å². The summed E-state index contributed by atoms with van der Waals surface area (Å²) in [5, 5.41) is 34.6. The summed E-state index contributed by atoms with van der Waals surface area (Å²) in [5.74, 6) is -3.86. The molecule has 0 aliphatic carbocycles. The molecule has 0 saturated carbocycles. The van der Waals surface area contributed by atoms with Crippen molar-refractivity contribution in [1.82, 2.24) is 15.0 Å². The summed E-state index contributed by atoms with van der Waals surface area (Å²) in [5.41, 5.74) is -0.321. The van der Waals surface area contributed by atoms with Gasteiger partial charge in [-0.05, 0) is 24.6 Å². The summed E-state index contributed by atoms with van der Waals surface area (Å²) in [7, 11) is 0. The zero-order chi connectivity index (χ0) is 17.1. The van der Waals surface area contributed by atoms with Gasteiger partial charge in [0.2, 0.25) is 0 Å². The van der Waals surface area contributed by atoms with Gasteiger partial charge in [-0.15, -0.1) is 5.10 Å². The topological polar surface area (TPSA) is 143 Å². The van der Waals surface area contributed by atoms with Crippen molar-refractivity contribution >= 4 is 17.9 Å². The van der Waals surface area contributed by atoms with Gasteiger partial charge in [-0.2, -0.15) is 0 Å². The number of carboxylic acids is 3. The summed E-state index contributed by atoms with van der Waals surface area (Å²) < 4.78 is 1.16. The smallest absolute Gasteiger partial charge is 0.358 e. The van der Waals surface area contributed by atoms with Crippen molar-refractivity contribution < 1.29 is 29.7 Å². The molecule has 0 fully saturated rings. The summed E-state index contributed by atoms with van der Waals surface area (Å²) >= 11 is 0. The average Bonchev–Trinajstić information content (AvgIpc) is 2.91. The lowest BCUT2D eigenvalue weighted by Crippen LogP contribution is -2.10. The standard InChI is InChI=1S/C14H13N3O6/c1-2-3-10-11(14(22)23)15-16-17(10)9-5-7(12(18)19)4-8(6-9)13(20)21/h4-6H,2-3H2,1H3,(H,18,19)(H,20,21)(H,22,23). The Morgan fingerprint density at radius 1 is 1.00 bits per heavy atom. The number of carbonyl (C=O) groups is 3. The van der Waals surface area contributed by atoms with Gasteiger partial charge in [-0.25, -0.2) is 19.1 Å². The maximum atomic E-state index is 11.2. The minimum absolute atomic E-state index is 0.130. The van der Waals surface area contributed by atoms with E-state index in [4.69, 9.17) is 15.3 Å². The normalized spacial score (nSPS) is 10.5. The highest BCUT2D eigenvalue weighted by Crippen LogP contribution is 2.19. The Bertz CT molecular complexity index is 764. The van der Waals surface area contributed by atoms with Gasteiger partial charge in [0.15, 0.2) is 5.69 Å². The monoisotopic (exact) mass is 319 g/mol. The number of benzene rings is 1. The molecule has 1 aromatic carbocycles.